The number of fused-ring (bicyclic) bond motifs is 3. The summed E-state index contributed by atoms with van der Waals surface area (Å²) >= 11 is 1.31. The summed E-state index contributed by atoms with van der Waals surface area (Å²) in [5, 5.41) is 12.1. The predicted octanol–water partition coefficient (Wildman–Crippen LogP) is 4.13. The van der Waals surface area contributed by atoms with E-state index in [2.05, 4.69) is 39.9 Å². The molecule has 0 unspecified atom stereocenters. The number of nitriles is 1. The molecule has 4 nitrogen and oxygen atoms in total. The van der Waals surface area contributed by atoms with Crippen LogP contribution in [0.2, 0.25) is 0 Å². The second-order valence-electron chi connectivity index (χ2n) is 6.30. The van der Waals surface area contributed by atoms with E-state index in [1.54, 1.807) is 0 Å². The van der Waals surface area contributed by atoms with E-state index < -0.39 is 0 Å². The minimum absolute atomic E-state index is 0.0170. The van der Waals surface area contributed by atoms with Gasteiger partial charge in [0.2, 0.25) is 0 Å². The van der Waals surface area contributed by atoms with Gasteiger partial charge in [0.15, 0.2) is 0 Å². The Kier molecular flexibility index (Phi) is 3.79. The third kappa shape index (κ3) is 2.67. The topological polar surface area (TPSA) is 54.5 Å². The Balaban J connectivity index is 2.15. The van der Waals surface area contributed by atoms with Gasteiger partial charge in [0.25, 0.3) is 0 Å². The maximum Gasteiger partial charge on any atom is 0.133 e. The van der Waals surface area contributed by atoms with Gasteiger partial charge in [0, 0.05) is 17.7 Å². The zero-order chi connectivity index (χ0) is 15.7. The number of rotatable bonds is 4. The molecule has 3 rings (SSSR count). The van der Waals surface area contributed by atoms with Crippen molar-refractivity contribution >= 4 is 33.7 Å². The number of imidazole rings is 1. The fourth-order valence-electron chi connectivity index (χ4n) is 2.77. The lowest BCUT2D eigenvalue weighted by Crippen LogP contribution is -2.23. The molecule has 0 spiro atoms. The molecule has 0 aliphatic carbocycles. The summed E-state index contributed by atoms with van der Waals surface area (Å²) in [5.74, 6) is 1.79. The summed E-state index contributed by atoms with van der Waals surface area (Å²) in [6, 6.07) is 8.16. The molecule has 0 saturated carbocycles. The van der Waals surface area contributed by atoms with Crippen LogP contribution in [0.3, 0.4) is 0 Å². The molecule has 3 aromatic rings. The van der Waals surface area contributed by atoms with Crippen LogP contribution in [0.4, 0.5) is 0 Å². The summed E-state index contributed by atoms with van der Waals surface area (Å²) in [7, 11) is 0. The van der Waals surface area contributed by atoms with Crippen molar-refractivity contribution in [3.63, 3.8) is 0 Å². The van der Waals surface area contributed by atoms with Crippen LogP contribution in [0.5, 0.6) is 0 Å². The number of para-hydroxylation sites is 1. The molecule has 5 heteroatoms. The Morgan fingerprint density at radius 2 is 2.05 bits per heavy atom. The average Bonchev–Trinajstić information content (AvgIpc) is 2.81. The van der Waals surface area contributed by atoms with Gasteiger partial charge in [-0.3, -0.25) is 4.98 Å². The van der Waals surface area contributed by atoms with E-state index in [1.807, 2.05) is 31.3 Å². The molecule has 112 valence electrons. The number of aromatic nitrogens is 3. The van der Waals surface area contributed by atoms with E-state index in [4.69, 9.17) is 5.26 Å². The maximum absolute atomic E-state index is 8.81. The Hall–Kier alpha value is -2.06. The third-order valence-electron chi connectivity index (χ3n) is 3.78. The second kappa shape index (κ2) is 5.62. The number of hydrogen-bond acceptors (Lipinski definition) is 4. The SMILES string of the molecule is Cc1nc2cnc3ccccc3c2n1CC(C)(C)CSC#N. The Bertz CT molecular complexity index is 873. The zero-order valence-corrected chi connectivity index (χ0v) is 13.8. The van der Waals surface area contributed by atoms with Crippen molar-refractivity contribution in [3.05, 3.63) is 36.3 Å². The van der Waals surface area contributed by atoms with Gasteiger partial charge in [-0.05, 0) is 30.2 Å². The van der Waals surface area contributed by atoms with Gasteiger partial charge in [0.05, 0.1) is 17.2 Å². The molecule has 0 atom stereocenters. The van der Waals surface area contributed by atoms with Gasteiger partial charge < -0.3 is 4.57 Å². The summed E-state index contributed by atoms with van der Waals surface area (Å²) in [4.78, 5) is 9.14. The Morgan fingerprint density at radius 3 is 2.82 bits per heavy atom. The van der Waals surface area contributed by atoms with Crippen molar-refractivity contribution in [2.75, 3.05) is 5.75 Å². The molecule has 0 fully saturated rings. The third-order valence-corrected chi connectivity index (χ3v) is 4.84. The minimum atomic E-state index is 0.0170. The molecule has 0 amide bonds. The highest BCUT2D eigenvalue weighted by Crippen LogP contribution is 2.29. The Morgan fingerprint density at radius 1 is 1.27 bits per heavy atom. The summed E-state index contributed by atoms with van der Waals surface area (Å²) in [6.45, 7) is 7.23. The van der Waals surface area contributed by atoms with Crippen LogP contribution in [0, 0.1) is 23.0 Å². The van der Waals surface area contributed by atoms with E-state index >= 15 is 0 Å². The van der Waals surface area contributed by atoms with Crippen molar-refractivity contribution in [3.8, 4) is 5.40 Å². The first-order valence-corrected chi connectivity index (χ1v) is 8.22. The highest BCUT2D eigenvalue weighted by Gasteiger charge is 2.22. The van der Waals surface area contributed by atoms with E-state index in [-0.39, 0.29) is 5.41 Å². The molecular formula is C17H18N4S. The largest absolute Gasteiger partial charge is 0.327 e. The number of aryl methyl sites for hydroxylation is 1. The van der Waals surface area contributed by atoms with Crippen LogP contribution in [-0.2, 0) is 6.54 Å². The molecule has 2 heterocycles. The normalized spacial score (nSPS) is 11.9. The lowest BCUT2D eigenvalue weighted by atomic mass is 9.96. The number of thioether (sulfide) groups is 1. The number of nitrogens with zero attached hydrogens (tertiary/aromatic N) is 4. The van der Waals surface area contributed by atoms with Crippen LogP contribution in [-0.4, -0.2) is 20.3 Å². The maximum atomic E-state index is 8.81. The fourth-order valence-corrected chi connectivity index (χ4v) is 3.32. The molecule has 0 N–H and O–H groups in total. The van der Waals surface area contributed by atoms with Gasteiger partial charge in [-0.2, -0.15) is 5.26 Å². The fraction of sp³-hybridized carbons (Fsp3) is 0.353. The van der Waals surface area contributed by atoms with Crippen LogP contribution < -0.4 is 0 Å². The summed E-state index contributed by atoms with van der Waals surface area (Å²) < 4.78 is 2.26. The van der Waals surface area contributed by atoms with E-state index in [0.717, 1.165) is 40.1 Å². The van der Waals surface area contributed by atoms with Crippen molar-refractivity contribution in [2.24, 2.45) is 5.41 Å². The number of thiocyanates is 1. The summed E-state index contributed by atoms with van der Waals surface area (Å²) in [5.41, 5.74) is 3.07. The lowest BCUT2D eigenvalue weighted by molar-refractivity contribution is 0.354. The van der Waals surface area contributed by atoms with Gasteiger partial charge >= 0.3 is 0 Å². The standard InChI is InChI=1S/C17H18N4S/c1-12-20-15-8-19-14-7-5-4-6-13(14)16(15)21(12)9-17(2,3)10-22-11-18/h4-8H,9-10H2,1-3H3. The molecule has 22 heavy (non-hydrogen) atoms. The quantitative estimate of drug-likeness (QED) is 0.680. The number of pyridine rings is 1. The number of hydrogen-bond donors (Lipinski definition) is 0. The predicted molar refractivity (Wildman–Crippen MR) is 91.6 cm³/mol. The molecule has 1 aromatic carbocycles. The highest BCUT2D eigenvalue weighted by molar-refractivity contribution is 8.03. The van der Waals surface area contributed by atoms with Gasteiger partial charge in [-0.1, -0.05) is 32.0 Å². The van der Waals surface area contributed by atoms with E-state index in [1.165, 1.54) is 11.8 Å². The Labute approximate surface area is 134 Å². The first-order chi connectivity index (χ1) is 10.5. The van der Waals surface area contributed by atoms with Crippen molar-refractivity contribution in [1.29, 1.82) is 5.26 Å². The van der Waals surface area contributed by atoms with Crippen LogP contribution in [0.25, 0.3) is 21.9 Å². The van der Waals surface area contributed by atoms with E-state index in [9.17, 15) is 0 Å². The van der Waals surface area contributed by atoms with Crippen molar-refractivity contribution < 1.29 is 0 Å². The van der Waals surface area contributed by atoms with Gasteiger partial charge in [-0.15, -0.1) is 0 Å². The molecule has 0 bridgehead atoms. The highest BCUT2D eigenvalue weighted by atomic mass is 32.2. The molecule has 0 radical (unpaired) electrons. The summed E-state index contributed by atoms with van der Waals surface area (Å²) in [6.07, 6.45) is 1.85. The number of benzene rings is 1. The average molecular weight is 310 g/mol. The van der Waals surface area contributed by atoms with Gasteiger partial charge in [0.1, 0.15) is 16.7 Å². The van der Waals surface area contributed by atoms with Crippen molar-refractivity contribution in [2.45, 2.75) is 27.3 Å². The van der Waals surface area contributed by atoms with Crippen LogP contribution in [0.1, 0.15) is 19.7 Å². The molecule has 0 aliphatic heterocycles. The first kappa shape index (κ1) is 14.9. The zero-order valence-electron chi connectivity index (χ0n) is 13.0. The monoisotopic (exact) mass is 310 g/mol. The lowest BCUT2D eigenvalue weighted by Gasteiger charge is -2.24. The second-order valence-corrected chi connectivity index (χ2v) is 7.06. The van der Waals surface area contributed by atoms with Crippen LogP contribution in [0.15, 0.2) is 30.5 Å². The van der Waals surface area contributed by atoms with Gasteiger partial charge in [-0.25, -0.2) is 4.98 Å². The minimum Gasteiger partial charge on any atom is -0.327 e. The van der Waals surface area contributed by atoms with E-state index in [0.29, 0.717) is 0 Å². The molecule has 0 saturated heterocycles. The molecular weight excluding hydrogens is 292 g/mol. The molecule has 0 aliphatic rings. The first-order valence-electron chi connectivity index (χ1n) is 7.23. The molecule has 2 aromatic heterocycles. The van der Waals surface area contributed by atoms with Crippen molar-refractivity contribution in [1.82, 2.24) is 14.5 Å². The smallest absolute Gasteiger partial charge is 0.133 e. The van der Waals surface area contributed by atoms with Crippen LogP contribution >= 0.6 is 11.8 Å².